The smallest absolute Gasteiger partial charge is 0.254 e. The summed E-state index contributed by atoms with van der Waals surface area (Å²) in [5, 5.41) is 0. The van der Waals surface area contributed by atoms with E-state index >= 15 is 0 Å². The van der Waals surface area contributed by atoms with E-state index in [1.54, 1.807) is 30.1 Å². The van der Waals surface area contributed by atoms with Crippen molar-refractivity contribution >= 4 is 15.9 Å². The van der Waals surface area contributed by atoms with Crippen LogP contribution in [0.15, 0.2) is 29.2 Å². The third-order valence-electron chi connectivity index (χ3n) is 5.38. The number of ether oxygens (including phenoxy) is 1. The Labute approximate surface area is 156 Å². The molecule has 1 aliphatic heterocycles. The molecular formula is C19H28N2O4S. The van der Waals surface area contributed by atoms with Crippen molar-refractivity contribution in [3.05, 3.63) is 29.8 Å². The van der Waals surface area contributed by atoms with E-state index in [0.717, 1.165) is 25.7 Å². The summed E-state index contributed by atoms with van der Waals surface area (Å²) in [4.78, 5) is 14.7. The molecule has 2 fully saturated rings. The Morgan fingerprint density at radius 2 is 1.96 bits per heavy atom. The molecule has 1 heterocycles. The Bertz CT molecular complexity index is 744. The summed E-state index contributed by atoms with van der Waals surface area (Å²) < 4.78 is 33.0. The Morgan fingerprint density at radius 3 is 2.65 bits per heavy atom. The minimum Gasteiger partial charge on any atom is -0.375 e. The van der Waals surface area contributed by atoms with E-state index in [1.165, 1.54) is 16.8 Å². The van der Waals surface area contributed by atoms with Crippen LogP contribution in [0.3, 0.4) is 0 Å². The largest absolute Gasteiger partial charge is 0.375 e. The SMILES string of the molecule is CC1CN(C(=O)c2cccc(S(=O)(=O)N(C)C3CCCCC3)c2)CCO1. The molecule has 26 heavy (non-hydrogen) atoms. The van der Waals surface area contributed by atoms with Gasteiger partial charge in [0, 0.05) is 31.7 Å². The lowest BCUT2D eigenvalue weighted by atomic mass is 9.96. The molecule has 1 saturated carbocycles. The van der Waals surface area contributed by atoms with Crippen molar-refractivity contribution in [2.75, 3.05) is 26.7 Å². The van der Waals surface area contributed by atoms with Crippen molar-refractivity contribution in [2.45, 2.75) is 56.1 Å². The van der Waals surface area contributed by atoms with Crippen LogP contribution in [0, 0.1) is 0 Å². The summed E-state index contributed by atoms with van der Waals surface area (Å²) in [5.41, 5.74) is 0.414. The third kappa shape index (κ3) is 4.10. The second kappa shape index (κ2) is 8.06. The lowest BCUT2D eigenvalue weighted by Gasteiger charge is -2.32. The fourth-order valence-electron chi connectivity index (χ4n) is 3.78. The van der Waals surface area contributed by atoms with E-state index in [9.17, 15) is 13.2 Å². The summed E-state index contributed by atoms with van der Waals surface area (Å²) in [6.07, 6.45) is 5.11. The van der Waals surface area contributed by atoms with Gasteiger partial charge in [-0.25, -0.2) is 8.42 Å². The number of carbonyl (C=O) groups excluding carboxylic acids is 1. The topological polar surface area (TPSA) is 66.9 Å². The first kappa shape index (κ1) is 19.3. The van der Waals surface area contributed by atoms with E-state index in [0.29, 0.717) is 25.3 Å². The number of hydrogen-bond acceptors (Lipinski definition) is 4. The monoisotopic (exact) mass is 380 g/mol. The highest BCUT2D eigenvalue weighted by Crippen LogP contribution is 2.27. The molecule has 2 aliphatic rings. The van der Waals surface area contributed by atoms with Crippen LogP contribution in [0.25, 0.3) is 0 Å². The highest BCUT2D eigenvalue weighted by Gasteiger charge is 2.30. The van der Waals surface area contributed by atoms with Gasteiger partial charge in [0.05, 0.1) is 17.6 Å². The van der Waals surface area contributed by atoms with Gasteiger partial charge < -0.3 is 9.64 Å². The van der Waals surface area contributed by atoms with Gasteiger partial charge in [-0.3, -0.25) is 4.79 Å². The Hall–Kier alpha value is -1.44. The summed E-state index contributed by atoms with van der Waals surface area (Å²) in [6.45, 7) is 3.49. The van der Waals surface area contributed by atoms with Gasteiger partial charge in [-0.2, -0.15) is 4.31 Å². The summed E-state index contributed by atoms with van der Waals surface area (Å²) in [7, 11) is -1.94. The zero-order chi connectivity index (χ0) is 18.7. The van der Waals surface area contributed by atoms with E-state index in [-0.39, 0.29) is 22.9 Å². The zero-order valence-corrected chi connectivity index (χ0v) is 16.4. The molecule has 6 nitrogen and oxygen atoms in total. The molecule has 0 spiro atoms. The first-order valence-electron chi connectivity index (χ1n) is 9.38. The van der Waals surface area contributed by atoms with Crippen LogP contribution >= 0.6 is 0 Å². The van der Waals surface area contributed by atoms with Gasteiger partial charge >= 0.3 is 0 Å². The molecule has 0 N–H and O–H groups in total. The van der Waals surface area contributed by atoms with E-state index < -0.39 is 10.0 Å². The molecule has 1 aromatic carbocycles. The van der Waals surface area contributed by atoms with Crippen molar-refractivity contribution in [3.63, 3.8) is 0 Å². The van der Waals surface area contributed by atoms with Crippen molar-refractivity contribution in [1.82, 2.24) is 9.21 Å². The Balaban J connectivity index is 1.80. The predicted octanol–water partition coefficient (Wildman–Crippen LogP) is 2.50. The number of rotatable bonds is 4. The number of benzene rings is 1. The summed E-state index contributed by atoms with van der Waals surface area (Å²) in [5.74, 6) is -0.141. The van der Waals surface area contributed by atoms with Crippen molar-refractivity contribution in [2.24, 2.45) is 0 Å². The highest BCUT2D eigenvalue weighted by atomic mass is 32.2. The molecule has 7 heteroatoms. The molecular weight excluding hydrogens is 352 g/mol. The van der Waals surface area contributed by atoms with Gasteiger partial charge in [0.25, 0.3) is 5.91 Å². The van der Waals surface area contributed by atoms with Crippen molar-refractivity contribution in [3.8, 4) is 0 Å². The third-order valence-corrected chi connectivity index (χ3v) is 7.28. The number of amides is 1. The maximum absolute atomic E-state index is 13.0. The molecule has 1 saturated heterocycles. The van der Waals surface area contributed by atoms with Gasteiger partial charge in [0.15, 0.2) is 0 Å². The van der Waals surface area contributed by atoms with E-state index in [2.05, 4.69) is 0 Å². The van der Waals surface area contributed by atoms with Crippen LogP contribution in [0.4, 0.5) is 0 Å². The minimum absolute atomic E-state index is 0.00273. The summed E-state index contributed by atoms with van der Waals surface area (Å²) >= 11 is 0. The number of hydrogen-bond donors (Lipinski definition) is 0. The Kier molecular flexibility index (Phi) is 5.99. The first-order valence-corrected chi connectivity index (χ1v) is 10.8. The molecule has 3 rings (SSSR count). The average molecular weight is 381 g/mol. The average Bonchev–Trinajstić information content (AvgIpc) is 2.67. The van der Waals surface area contributed by atoms with Crippen LogP contribution in [0.1, 0.15) is 49.4 Å². The Morgan fingerprint density at radius 1 is 1.23 bits per heavy atom. The van der Waals surface area contributed by atoms with E-state index in [4.69, 9.17) is 4.74 Å². The van der Waals surface area contributed by atoms with Gasteiger partial charge in [0.1, 0.15) is 0 Å². The fraction of sp³-hybridized carbons (Fsp3) is 0.632. The summed E-state index contributed by atoms with van der Waals surface area (Å²) in [6, 6.07) is 6.47. The van der Waals surface area contributed by atoms with E-state index in [1.807, 2.05) is 6.92 Å². The molecule has 1 aromatic rings. The fourth-order valence-corrected chi connectivity index (χ4v) is 5.24. The standard InChI is InChI=1S/C19H28N2O4S/c1-15-14-21(11-12-25-15)19(22)16-7-6-10-18(13-16)26(23,24)20(2)17-8-4-3-5-9-17/h6-7,10,13,15,17H,3-5,8-9,11-12,14H2,1-2H3. The van der Waals surface area contributed by atoms with Crippen LogP contribution in [-0.4, -0.2) is 62.4 Å². The molecule has 1 atom stereocenters. The number of morpholine rings is 1. The van der Waals surface area contributed by atoms with Crippen molar-refractivity contribution in [1.29, 1.82) is 0 Å². The molecule has 1 unspecified atom stereocenters. The maximum Gasteiger partial charge on any atom is 0.254 e. The molecule has 0 aromatic heterocycles. The van der Waals surface area contributed by atoms with Gasteiger partial charge in [-0.05, 0) is 38.0 Å². The second-order valence-electron chi connectivity index (χ2n) is 7.27. The molecule has 1 amide bonds. The number of carbonyl (C=O) groups is 1. The predicted molar refractivity (Wildman–Crippen MR) is 99.6 cm³/mol. The second-order valence-corrected chi connectivity index (χ2v) is 9.27. The zero-order valence-electron chi connectivity index (χ0n) is 15.6. The minimum atomic E-state index is -3.60. The molecule has 0 bridgehead atoms. The van der Waals surface area contributed by atoms with Gasteiger partial charge in [-0.15, -0.1) is 0 Å². The molecule has 144 valence electrons. The lowest BCUT2D eigenvalue weighted by molar-refractivity contribution is -0.0124. The van der Waals surface area contributed by atoms with Gasteiger partial charge in [0.2, 0.25) is 10.0 Å². The van der Waals surface area contributed by atoms with Crippen LogP contribution in [-0.2, 0) is 14.8 Å². The quantitative estimate of drug-likeness (QED) is 0.805. The maximum atomic E-state index is 13.0. The lowest BCUT2D eigenvalue weighted by Crippen LogP contribution is -2.44. The first-order chi connectivity index (χ1) is 12.4. The normalized spacial score (nSPS) is 22.6. The number of sulfonamides is 1. The van der Waals surface area contributed by atoms with Crippen LogP contribution < -0.4 is 0 Å². The van der Waals surface area contributed by atoms with Crippen molar-refractivity contribution < 1.29 is 17.9 Å². The number of nitrogens with zero attached hydrogens (tertiary/aromatic N) is 2. The molecule has 1 aliphatic carbocycles. The highest BCUT2D eigenvalue weighted by molar-refractivity contribution is 7.89. The molecule has 0 radical (unpaired) electrons. The van der Waals surface area contributed by atoms with Crippen LogP contribution in [0.2, 0.25) is 0 Å². The van der Waals surface area contributed by atoms with Crippen LogP contribution in [0.5, 0.6) is 0 Å². The van der Waals surface area contributed by atoms with Gasteiger partial charge in [-0.1, -0.05) is 25.3 Å².